The van der Waals surface area contributed by atoms with Gasteiger partial charge in [-0.1, -0.05) is 0 Å². The van der Waals surface area contributed by atoms with Crippen LogP contribution >= 0.6 is 0 Å². The Bertz CT molecular complexity index is 485. The normalized spacial score (nSPS) is 31.2. The molecule has 3 N–H and O–H groups in total. The molecule has 0 bridgehead atoms. The van der Waals surface area contributed by atoms with Gasteiger partial charge in [-0.25, -0.2) is 4.99 Å². The van der Waals surface area contributed by atoms with Crippen LogP contribution in [0.3, 0.4) is 0 Å². The summed E-state index contributed by atoms with van der Waals surface area (Å²) in [6.07, 6.45) is -0.631. The fourth-order valence-corrected chi connectivity index (χ4v) is 2.18. The second kappa shape index (κ2) is 5.62. The van der Waals surface area contributed by atoms with Crippen LogP contribution in [0.1, 0.15) is 11.8 Å². The summed E-state index contributed by atoms with van der Waals surface area (Å²) in [5.41, 5.74) is 0.732. The lowest BCUT2D eigenvalue weighted by atomic mass is 10.1. The van der Waals surface area contributed by atoms with Gasteiger partial charge in [0.15, 0.2) is 6.23 Å². The molecule has 2 heterocycles. The van der Waals surface area contributed by atoms with E-state index in [1.54, 1.807) is 30.1 Å². The van der Waals surface area contributed by atoms with Gasteiger partial charge < -0.3 is 24.6 Å². The minimum absolute atomic E-state index is 0.365. The van der Waals surface area contributed by atoms with Crippen molar-refractivity contribution >= 4 is 18.7 Å². The molecule has 1 aliphatic heterocycles. The summed E-state index contributed by atoms with van der Waals surface area (Å²) in [6, 6.07) is 1.76. The monoisotopic (exact) mass is 267 g/mol. The van der Waals surface area contributed by atoms with Crippen molar-refractivity contribution in [3.63, 3.8) is 0 Å². The fraction of sp³-hybridized carbons (Fsp3) is 0.500. The molecule has 0 spiro atoms. The van der Waals surface area contributed by atoms with Gasteiger partial charge in [-0.15, -0.1) is 0 Å². The lowest BCUT2D eigenvalue weighted by molar-refractivity contribution is -0.0517. The smallest absolute Gasteiger partial charge is 0.164 e. The molecule has 1 fully saturated rings. The van der Waals surface area contributed by atoms with E-state index >= 15 is 0 Å². The average molecular weight is 267 g/mol. The van der Waals surface area contributed by atoms with Crippen molar-refractivity contribution in [1.82, 2.24) is 4.57 Å². The van der Waals surface area contributed by atoms with Crippen LogP contribution in [-0.4, -0.2) is 64.8 Å². The minimum Gasteiger partial charge on any atom is -0.394 e. The molecule has 19 heavy (non-hydrogen) atoms. The molecule has 7 nitrogen and oxygen atoms in total. The first-order valence-electron chi connectivity index (χ1n) is 5.86. The Morgan fingerprint density at radius 3 is 2.74 bits per heavy atom. The van der Waals surface area contributed by atoms with Crippen molar-refractivity contribution in [2.24, 2.45) is 9.98 Å². The van der Waals surface area contributed by atoms with Gasteiger partial charge in [0.25, 0.3) is 0 Å². The molecule has 104 valence electrons. The first-order valence-corrected chi connectivity index (χ1v) is 5.86. The quantitative estimate of drug-likeness (QED) is 0.639. The predicted molar refractivity (Wildman–Crippen MR) is 70.2 cm³/mol. The van der Waals surface area contributed by atoms with E-state index in [0.29, 0.717) is 5.82 Å². The highest BCUT2D eigenvalue weighted by Crippen LogP contribution is 2.34. The molecule has 0 saturated carbocycles. The van der Waals surface area contributed by atoms with Gasteiger partial charge in [0.05, 0.1) is 6.61 Å². The molecule has 0 aromatic carbocycles. The largest absolute Gasteiger partial charge is 0.394 e. The van der Waals surface area contributed by atoms with Crippen molar-refractivity contribution in [3.8, 4) is 0 Å². The highest BCUT2D eigenvalue weighted by atomic mass is 16.6. The van der Waals surface area contributed by atoms with Gasteiger partial charge in [0, 0.05) is 25.0 Å². The molecule has 2 rings (SSSR count). The van der Waals surface area contributed by atoms with Crippen LogP contribution in [0.15, 0.2) is 22.2 Å². The Morgan fingerprint density at radius 2 is 2.21 bits per heavy atom. The number of rotatable bonds is 4. The van der Waals surface area contributed by atoms with E-state index in [9.17, 15) is 10.2 Å². The molecule has 0 amide bonds. The Labute approximate surface area is 110 Å². The minimum atomic E-state index is -1.14. The molecule has 0 unspecified atom stereocenters. The SMILES string of the molecule is C=Nc1c(/C=N\C)ccn1[C@@H]1O[C@H](CO)[C@@H](O)[C@H]1O. The first-order chi connectivity index (χ1) is 9.13. The van der Waals surface area contributed by atoms with Gasteiger partial charge in [0.2, 0.25) is 0 Å². The maximum Gasteiger partial charge on any atom is 0.164 e. The predicted octanol–water partition coefficient (Wildman–Crippen LogP) is -0.520. The first kappa shape index (κ1) is 13.9. The number of aromatic nitrogens is 1. The van der Waals surface area contributed by atoms with Crippen LogP contribution in [0.25, 0.3) is 0 Å². The lowest BCUT2D eigenvalue weighted by Gasteiger charge is -2.18. The van der Waals surface area contributed by atoms with Gasteiger partial charge >= 0.3 is 0 Å². The maximum atomic E-state index is 9.97. The third-order valence-corrected chi connectivity index (χ3v) is 3.13. The maximum absolute atomic E-state index is 9.97. The molecule has 1 saturated heterocycles. The van der Waals surface area contributed by atoms with Crippen LogP contribution < -0.4 is 0 Å². The summed E-state index contributed by atoms with van der Waals surface area (Å²) in [5, 5.41) is 28.8. The zero-order valence-corrected chi connectivity index (χ0v) is 10.5. The Hall–Kier alpha value is -1.54. The molecule has 0 aliphatic carbocycles. The Morgan fingerprint density at radius 1 is 1.47 bits per heavy atom. The number of ether oxygens (including phenoxy) is 1. The Kier molecular flexibility index (Phi) is 4.11. The van der Waals surface area contributed by atoms with E-state index in [1.165, 1.54) is 0 Å². The average Bonchev–Trinajstić information content (AvgIpc) is 2.93. The van der Waals surface area contributed by atoms with E-state index in [4.69, 9.17) is 9.84 Å². The van der Waals surface area contributed by atoms with Crippen molar-refractivity contribution < 1.29 is 20.1 Å². The highest BCUT2D eigenvalue weighted by molar-refractivity contribution is 5.86. The van der Waals surface area contributed by atoms with Crippen molar-refractivity contribution in [3.05, 3.63) is 17.8 Å². The van der Waals surface area contributed by atoms with E-state index in [-0.39, 0.29) is 6.61 Å². The van der Waals surface area contributed by atoms with E-state index < -0.39 is 24.5 Å². The summed E-state index contributed by atoms with van der Waals surface area (Å²) in [5.74, 6) is 0.487. The Balaban J connectivity index is 2.35. The number of hydrogen-bond donors (Lipinski definition) is 3. The molecule has 7 heteroatoms. The second-order valence-corrected chi connectivity index (χ2v) is 4.28. The third kappa shape index (κ3) is 2.33. The third-order valence-electron chi connectivity index (χ3n) is 3.13. The molecule has 1 aromatic rings. The van der Waals surface area contributed by atoms with E-state index in [0.717, 1.165) is 5.56 Å². The molecule has 1 aliphatic rings. The summed E-state index contributed by atoms with van der Waals surface area (Å²) in [6.45, 7) is 3.11. The number of hydrogen-bond acceptors (Lipinski definition) is 6. The molecule has 4 atom stereocenters. The summed E-state index contributed by atoms with van der Waals surface area (Å²) < 4.78 is 7.00. The van der Waals surface area contributed by atoms with Gasteiger partial charge in [-0.3, -0.25) is 4.99 Å². The van der Waals surface area contributed by atoms with Gasteiger partial charge in [0.1, 0.15) is 24.1 Å². The summed E-state index contributed by atoms with van der Waals surface area (Å²) in [4.78, 5) is 7.79. The van der Waals surface area contributed by atoms with Crippen LogP contribution in [-0.2, 0) is 4.74 Å². The zero-order chi connectivity index (χ0) is 14.0. The lowest BCUT2D eigenvalue weighted by Crippen LogP contribution is -2.33. The molecule has 1 aromatic heterocycles. The van der Waals surface area contributed by atoms with Crippen LogP contribution in [0, 0.1) is 0 Å². The van der Waals surface area contributed by atoms with Crippen LogP contribution in [0.5, 0.6) is 0 Å². The van der Waals surface area contributed by atoms with E-state index in [2.05, 4.69) is 16.7 Å². The second-order valence-electron chi connectivity index (χ2n) is 4.28. The topological polar surface area (TPSA) is 99.6 Å². The number of aliphatic imine (C=N–C) groups is 2. The highest BCUT2D eigenvalue weighted by Gasteiger charge is 2.43. The molecular formula is C12H17N3O4. The van der Waals surface area contributed by atoms with Crippen molar-refractivity contribution in [1.29, 1.82) is 0 Å². The fourth-order valence-electron chi connectivity index (χ4n) is 2.18. The van der Waals surface area contributed by atoms with Gasteiger partial charge in [-0.2, -0.15) is 0 Å². The molecular weight excluding hydrogens is 250 g/mol. The number of aliphatic hydroxyl groups is 3. The van der Waals surface area contributed by atoms with Crippen molar-refractivity contribution in [2.75, 3.05) is 13.7 Å². The summed E-state index contributed by atoms with van der Waals surface area (Å²) in [7, 11) is 1.64. The number of nitrogens with zero attached hydrogens (tertiary/aromatic N) is 3. The zero-order valence-electron chi connectivity index (χ0n) is 10.5. The van der Waals surface area contributed by atoms with Crippen LogP contribution in [0.2, 0.25) is 0 Å². The molecule has 0 radical (unpaired) electrons. The van der Waals surface area contributed by atoms with Crippen LogP contribution in [0.4, 0.5) is 5.82 Å². The number of aliphatic hydroxyl groups excluding tert-OH is 3. The summed E-state index contributed by atoms with van der Waals surface area (Å²) >= 11 is 0. The van der Waals surface area contributed by atoms with Crippen molar-refractivity contribution in [2.45, 2.75) is 24.5 Å². The van der Waals surface area contributed by atoms with E-state index in [1.807, 2.05) is 0 Å². The van der Waals surface area contributed by atoms with Gasteiger partial charge in [-0.05, 0) is 12.8 Å². The standard InChI is InChI=1S/C12H17N3O4/c1-13-5-7-3-4-15(11(7)14-2)12-10(18)9(17)8(6-16)19-12/h3-5,8-10,12,16-18H,2,6H2,1H3/b13-5-/t8-,9-,10-,12-/m1/s1.